The highest BCUT2D eigenvalue weighted by atomic mass is 35.5. The van der Waals surface area contributed by atoms with E-state index in [4.69, 9.17) is 20.9 Å². The summed E-state index contributed by atoms with van der Waals surface area (Å²) in [4.78, 5) is 26.8. The Morgan fingerprint density at radius 1 is 1.20 bits per heavy atom. The first-order valence-corrected chi connectivity index (χ1v) is 8.71. The molecule has 1 saturated heterocycles. The Kier molecular flexibility index (Phi) is 5.38. The number of hydrogen-bond acceptors (Lipinski definition) is 5. The Labute approximate surface area is 150 Å². The normalized spacial score (nSPS) is 14.4. The Bertz CT molecular complexity index is 764. The molecule has 2 heterocycles. The summed E-state index contributed by atoms with van der Waals surface area (Å²) >= 11 is 5.94. The maximum Gasteiger partial charge on any atom is 0.361 e. The van der Waals surface area contributed by atoms with Crippen LogP contribution in [0.15, 0.2) is 28.8 Å². The van der Waals surface area contributed by atoms with Gasteiger partial charge in [-0.1, -0.05) is 28.9 Å². The molecule has 1 aliphatic heterocycles. The van der Waals surface area contributed by atoms with Crippen molar-refractivity contribution in [3.63, 3.8) is 0 Å². The topological polar surface area (TPSA) is 72.6 Å². The highest BCUT2D eigenvalue weighted by Gasteiger charge is 2.31. The zero-order valence-electron chi connectivity index (χ0n) is 14.0. The van der Waals surface area contributed by atoms with Crippen molar-refractivity contribution < 1.29 is 18.8 Å². The molecular formula is C18H19ClN2O4. The molecule has 1 amide bonds. The summed E-state index contributed by atoms with van der Waals surface area (Å²) < 4.78 is 10.3. The van der Waals surface area contributed by atoms with Gasteiger partial charge in [0.15, 0.2) is 5.69 Å². The molecule has 1 fully saturated rings. The van der Waals surface area contributed by atoms with E-state index in [0.717, 1.165) is 19.3 Å². The van der Waals surface area contributed by atoms with Crippen molar-refractivity contribution in [2.45, 2.75) is 26.2 Å². The first-order chi connectivity index (χ1) is 12.1. The monoisotopic (exact) mass is 362 g/mol. The van der Waals surface area contributed by atoms with Crippen molar-refractivity contribution in [1.82, 2.24) is 10.1 Å². The van der Waals surface area contributed by atoms with E-state index in [9.17, 15) is 9.59 Å². The van der Waals surface area contributed by atoms with E-state index in [0.29, 0.717) is 29.2 Å². The standard InChI is InChI=1S/C18H19ClN2O4/c1-2-24-18(23)15-14(12-6-8-13(19)9-7-12)16(25-20-15)17(22)21-10-4-3-5-11-21/h6-9H,2-5,10-11H2,1H3. The van der Waals surface area contributed by atoms with Crippen LogP contribution in [0.1, 0.15) is 47.2 Å². The number of carbonyl (C=O) groups excluding carboxylic acids is 2. The number of aromatic nitrogens is 1. The maximum absolute atomic E-state index is 12.9. The van der Waals surface area contributed by atoms with Gasteiger partial charge in [0.05, 0.1) is 12.2 Å². The average molecular weight is 363 g/mol. The fourth-order valence-corrected chi connectivity index (χ4v) is 3.03. The third-order valence-corrected chi connectivity index (χ3v) is 4.38. The van der Waals surface area contributed by atoms with Crippen LogP contribution in [0.4, 0.5) is 0 Å². The van der Waals surface area contributed by atoms with Gasteiger partial charge in [0, 0.05) is 18.1 Å². The Hall–Kier alpha value is -2.34. The van der Waals surface area contributed by atoms with Crippen LogP contribution in [-0.2, 0) is 4.74 Å². The molecule has 2 aromatic rings. The number of ether oxygens (including phenoxy) is 1. The summed E-state index contributed by atoms with van der Waals surface area (Å²) in [5.74, 6) is -0.811. The molecule has 1 aromatic carbocycles. The SMILES string of the molecule is CCOC(=O)c1noc(C(=O)N2CCCCC2)c1-c1ccc(Cl)cc1. The molecule has 1 aromatic heterocycles. The van der Waals surface area contributed by atoms with Crippen LogP contribution in [0.2, 0.25) is 5.02 Å². The molecule has 0 spiro atoms. The van der Waals surface area contributed by atoms with Crippen molar-refractivity contribution in [3.8, 4) is 11.1 Å². The van der Waals surface area contributed by atoms with Crippen molar-refractivity contribution in [1.29, 1.82) is 0 Å². The van der Waals surface area contributed by atoms with E-state index in [1.165, 1.54) is 0 Å². The summed E-state index contributed by atoms with van der Waals surface area (Å²) in [5.41, 5.74) is 0.990. The van der Waals surface area contributed by atoms with Gasteiger partial charge in [-0.15, -0.1) is 0 Å². The molecule has 1 aliphatic rings. The number of likely N-dealkylation sites (tertiary alicyclic amines) is 1. The number of esters is 1. The van der Waals surface area contributed by atoms with Gasteiger partial charge in [-0.2, -0.15) is 0 Å². The number of nitrogens with zero attached hydrogens (tertiary/aromatic N) is 2. The van der Waals surface area contributed by atoms with Crippen LogP contribution in [0.3, 0.4) is 0 Å². The summed E-state index contributed by atoms with van der Waals surface area (Å²) in [7, 11) is 0. The lowest BCUT2D eigenvalue weighted by Crippen LogP contribution is -2.35. The van der Waals surface area contributed by atoms with Crippen LogP contribution in [0.5, 0.6) is 0 Å². The van der Waals surface area contributed by atoms with E-state index in [2.05, 4.69) is 5.16 Å². The van der Waals surface area contributed by atoms with Crippen LogP contribution >= 0.6 is 11.6 Å². The molecule has 6 nitrogen and oxygen atoms in total. The maximum atomic E-state index is 12.9. The lowest BCUT2D eigenvalue weighted by molar-refractivity contribution is 0.0513. The minimum absolute atomic E-state index is 0.00420. The van der Waals surface area contributed by atoms with Crippen LogP contribution in [0.25, 0.3) is 11.1 Å². The lowest BCUT2D eigenvalue weighted by atomic mass is 10.0. The van der Waals surface area contributed by atoms with E-state index in [1.807, 2.05) is 0 Å². The van der Waals surface area contributed by atoms with Gasteiger partial charge in [0.25, 0.3) is 5.91 Å². The quantitative estimate of drug-likeness (QED) is 0.773. The van der Waals surface area contributed by atoms with Crippen LogP contribution in [0, 0.1) is 0 Å². The molecule has 0 bridgehead atoms. The van der Waals surface area contributed by atoms with Gasteiger partial charge < -0.3 is 14.2 Å². The molecule has 0 saturated carbocycles. The second kappa shape index (κ2) is 7.70. The molecule has 132 valence electrons. The second-order valence-corrected chi connectivity index (χ2v) is 6.25. The van der Waals surface area contributed by atoms with Gasteiger partial charge in [0.1, 0.15) is 0 Å². The number of carbonyl (C=O) groups is 2. The number of rotatable bonds is 4. The van der Waals surface area contributed by atoms with Crippen molar-refractivity contribution >= 4 is 23.5 Å². The van der Waals surface area contributed by atoms with Crippen molar-refractivity contribution in [3.05, 3.63) is 40.7 Å². The third-order valence-electron chi connectivity index (χ3n) is 4.13. The molecule has 0 atom stereocenters. The van der Waals surface area contributed by atoms with Gasteiger partial charge in [-0.25, -0.2) is 4.79 Å². The van der Waals surface area contributed by atoms with Gasteiger partial charge in [-0.05, 0) is 43.9 Å². The highest BCUT2D eigenvalue weighted by Crippen LogP contribution is 2.31. The Morgan fingerprint density at radius 2 is 1.88 bits per heavy atom. The number of hydrogen-bond donors (Lipinski definition) is 0. The number of halogens is 1. The predicted octanol–water partition coefficient (Wildman–Crippen LogP) is 3.80. The highest BCUT2D eigenvalue weighted by molar-refractivity contribution is 6.30. The fraction of sp³-hybridized carbons (Fsp3) is 0.389. The smallest absolute Gasteiger partial charge is 0.361 e. The molecule has 0 aliphatic carbocycles. The van der Waals surface area contributed by atoms with Gasteiger partial charge in [0.2, 0.25) is 5.76 Å². The van der Waals surface area contributed by atoms with Gasteiger partial charge >= 0.3 is 5.97 Å². The summed E-state index contributed by atoms with van der Waals surface area (Å²) in [6.45, 7) is 3.27. The average Bonchev–Trinajstić information content (AvgIpc) is 3.08. The summed E-state index contributed by atoms with van der Waals surface area (Å²) in [5, 5.41) is 4.38. The molecule has 25 heavy (non-hydrogen) atoms. The summed E-state index contributed by atoms with van der Waals surface area (Å²) in [6.07, 6.45) is 3.03. The molecule has 3 rings (SSSR count). The van der Waals surface area contributed by atoms with Crippen LogP contribution < -0.4 is 0 Å². The molecule has 7 heteroatoms. The molecular weight excluding hydrogens is 344 g/mol. The van der Waals surface area contributed by atoms with Gasteiger partial charge in [-0.3, -0.25) is 4.79 Å². The Morgan fingerprint density at radius 3 is 2.52 bits per heavy atom. The molecule has 0 N–H and O–H groups in total. The van der Waals surface area contributed by atoms with E-state index in [1.54, 1.807) is 36.1 Å². The van der Waals surface area contributed by atoms with Crippen LogP contribution in [-0.4, -0.2) is 41.6 Å². The van der Waals surface area contributed by atoms with Crippen molar-refractivity contribution in [2.24, 2.45) is 0 Å². The molecule has 0 radical (unpaired) electrons. The minimum Gasteiger partial charge on any atom is -0.461 e. The summed E-state index contributed by atoms with van der Waals surface area (Å²) in [6, 6.07) is 6.83. The first kappa shape index (κ1) is 17.5. The van der Waals surface area contributed by atoms with E-state index >= 15 is 0 Å². The minimum atomic E-state index is -0.617. The number of amides is 1. The van der Waals surface area contributed by atoms with E-state index in [-0.39, 0.29) is 24.0 Å². The first-order valence-electron chi connectivity index (χ1n) is 8.33. The van der Waals surface area contributed by atoms with Crippen molar-refractivity contribution in [2.75, 3.05) is 19.7 Å². The zero-order valence-corrected chi connectivity index (χ0v) is 14.7. The number of benzene rings is 1. The lowest BCUT2D eigenvalue weighted by Gasteiger charge is -2.25. The molecule has 0 unspecified atom stereocenters. The second-order valence-electron chi connectivity index (χ2n) is 5.82. The fourth-order valence-electron chi connectivity index (χ4n) is 2.90. The Balaban J connectivity index is 2.04. The third kappa shape index (κ3) is 3.69. The zero-order chi connectivity index (χ0) is 17.8. The largest absolute Gasteiger partial charge is 0.461 e. The van der Waals surface area contributed by atoms with E-state index < -0.39 is 5.97 Å². The predicted molar refractivity (Wildman–Crippen MR) is 92.7 cm³/mol. The number of piperidine rings is 1.